The van der Waals surface area contributed by atoms with E-state index in [0.29, 0.717) is 25.2 Å². The molecule has 3 heteroatoms. The smallest absolute Gasteiger partial charge is 0.136 e. The second kappa shape index (κ2) is 3.63. The van der Waals surface area contributed by atoms with Crippen molar-refractivity contribution in [3.05, 3.63) is 0 Å². The third-order valence-electron chi connectivity index (χ3n) is 2.62. The van der Waals surface area contributed by atoms with Crippen molar-refractivity contribution in [2.45, 2.75) is 58.5 Å². The van der Waals surface area contributed by atoms with E-state index in [4.69, 9.17) is 4.84 Å². The SMILES string of the molecule is CCON1C(C)(C)CC(=O)CC1(C)C. The zero-order chi connectivity index (χ0) is 11.0. The maximum atomic E-state index is 11.6. The summed E-state index contributed by atoms with van der Waals surface area (Å²) in [5, 5.41) is 1.99. The van der Waals surface area contributed by atoms with Crippen molar-refractivity contribution in [1.29, 1.82) is 0 Å². The molecule has 0 unspecified atom stereocenters. The number of nitrogens with zero attached hydrogens (tertiary/aromatic N) is 1. The van der Waals surface area contributed by atoms with Gasteiger partial charge in [-0.05, 0) is 34.6 Å². The van der Waals surface area contributed by atoms with Crippen LogP contribution < -0.4 is 0 Å². The van der Waals surface area contributed by atoms with Gasteiger partial charge in [0.05, 0.1) is 6.61 Å². The van der Waals surface area contributed by atoms with Crippen molar-refractivity contribution >= 4 is 5.78 Å². The summed E-state index contributed by atoms with van der Waals surface area (Å²) in [7, 11) is 0. The molecule has 1 aliphatic heterocycles. The Balaban J connectivity index is 2.90. The van der Waals surface area contributed by atoms with Crippen molar-refractivity contribution in [2.24, 2.45) is 0 Å². The number of hydrogen-bond donors (Lipinski definition) is 0. The fraction of sp³-hybridized carbons (Fsp3) is 0.909. The van der Waals surface area contributed by atoms with Crippen molar-refractivity contribution < 1.29 is 9.63 Å². The Kier molecular flexibility index (Phi) is 3.02. The minimum absolute atomic E-state index is 0.186. The molecule has 1 fully saturated rings. The highest BCUT2D eigenvalue weighted by atomic mass is 16.7. The second-order valence-electron chi connectivity index (χ2n) is 5.23. The zero-order valence-corrected chi connectivity index (χ0v) is 9.89. The summed E-state index contributed by atoms with van der Waals surface area (Å²) in [6.07, 6.45) is 1.16. The number of carbonyl (C=O) groups excluding carboxylic acids is 1. The molecule has 1 aliphatic rings. The van der Waals surface area contributed by atoms with Gasteiger partial charge in [-0.15, -0.1) is 0 Å². The molecule has 0 N–H and O–H groups in total. The average Bonchev–Trinajstić information content (AvgIpc) is 1.94. The number of Topliss-reactive ketones (excluding diaryl/α,β-unsaturated/α-hetero) is 1. The van der Waals surface area contributed by atoms with Crippen molar-refractivity contribution in [3.8, 4) is 0 Å². The number of ketones is 1. The first-order valence-corrected chi connectivity index (χ1v) is 5.24. The van der Waals surface area contributed by atoms with Gasteiger partial charge in [-0.3, -0.25) is 9.63 Å². The van der Waals surface area contributed by atoms with Crippen LogP contribution in [0.25, 0.3) is 0 Å². The standard InChI is InChI=1S/C11H21NO2/c1-6-14-12-10(2,3)7-9(13)8-11(12,4)5/h6-8H2,1-5H3. The summed E-state index contributed by atoms with van der Waals surface area (Å²) in [6.45, 7) is 10.9. The Morgan fingerprint density at radius 2 is 1.64 bits per heavy atom. The van der Waals surface area contributed by atoms with E-state index in [1.807, 2.05) is 12.0 Å². The van der Waals surface area contributed by atoms with Crippen LogP contribution in [0.1, 0.15) is 47.5 Å². The van der Waals surface area contributed by atoms with Gasteiger partial charge in [-0.2, -0.15) is 5.06 Å². The molecule has 0 aromatic rings. The average molecular weight is 199 g/mol. The molecule has 14 heavy (non-hydrogen) atoms. The first kappa shape index (κ1) is 11.7. The lowest BCUT2D eigenvalue weighted by molar-refractivity contribution is -0.272. The van der Waals surface area contributed by atoms with Crippen LogP contribution in [0.5, 0.6) is 0 Å². The molecule has 0 saturated carbocycles. The lowest BCUT2D eigenvalue weighted by Gasteiger charge is -2.50. The van der Waals surface area contributed by atoms with E-state index >= 15 is 0 Å². The van der Waals surface area contributed by atoms with Gasteiger partial charge in [0.2, 0.25) is 0 Å². The maximum Gasteiger partial charge on any atom is 0.136 e. The summed E-state index contributed by atoms with van der Waals surface area (Å²) >= 11 is 0. The Morgan fingerprint density at radius 1 is 1.21 bits per heavy atom. The van der Waals surface area contributed by atoms with Gasteiger partial charge < -0.3 is 0 Å². The van der Waals surface area contributed by atoms with Gasteiger partial charge in [-0.1, -0.05) is 0 Å². The largest absolute Gasteiger partial charge is 0.300 e. The molecular formula is C11H21NO2. The molecule has 0 aliphatic carbocycles. The minimum Gasteiger partial charge on any atom is -0.300 e. The van der Waals surface area contributed by atoms with E-state index in [0.717, 1.165) is 0 Å². The number of carbonyl (C=O) groups is 1. The van der Waals surface area contributed by atoms with E-state index in [2.05, 4.69) is 27.7 Å². The number of rotatable bonds is 2. The first-order chi connectivity index (χ1) is 6.29. The Morgan fingerprint density at radius 3 is 2.00 bits per heavy atom. The molecule has 0 bridgehead atoms. The van der Waals surface area contributed by atoms with E-state index in [1.165, 1.54) is 0 Å². The lowest BCUT2D eigenvalue weighted by Crippen LogP contribution is -2.60. The van der Waals surface area contributed by atoms with Gasteiger partial charge in [0.25, 0.3) is 0 Å². The highest BCUT2D eigenvalue weighted by molar-refractivity contribution is 5.81. The summed E-state index contributed by atoms with van der Waals surface area (Å²) in [4.78, 5) is 17.2. The van der Waals surface area contributed by atoms with Crippen molar-refractivity contribution in [2.75, 3.05) is 6.61 Å². The predicted octanol–water partition coefficient (Wildman–Crippen LogP) is 2.16. The Hall–Kier alpha value is -0.410. The molecule has 1 saturated heterocycles. The number of piperidine rings is 1. The van der Waals surface area contributed by atoms with Crippen LogP contribution in [0.3, 0.4) is 0 Å². The monoisotopic (exact) mass is 199 g/mol. The Bertz CT molecular complexity index is 213. The Labute approximate surface area is 86.4 Å². The molecule has 0 aromatic carbocycles. The molecule has 82 valence electrons. The fourth-order valence-electron chi connectivity index (χ4n) is 2.47. The van der Waals surface area contributed by atoms with Crippen LogP contribution in [0.2, 0.25) is 0 Å². The van der Waals surface area contributed by atoms with Gasteiger partial charge in [0.1, 0.15) is 5.78 Å². The van der Waals surface area contributed by atoms with Crippen LogP contribution in [0, 0.1) is 0 Å². The molecule has 0 amide bonds. The third kappa shape index (κ3) is 2.15. The van der Waals surface area contributed by atoms with Crippen LogP contribution in [0.15, 0.2) is 0 Å². The summed E-state index contributed by atoms with van der Waals surface area (Å²) in [6, 6.07) is 0. The van der Waals surface area contributed by atoms with Crippen LogP contribution in [-0.4, -0.2) is 28.5 Å². The molecule has 0 aromatic heterocycles. The predicted molar refractivity (Wildman–Crippen MR) is 55.9 cm³/mol. The van der Waals surface area contributed by atoms with Gasteiger partial charge >= 0.3 is 0 Å². The molecule has 1 heterocycles. The van der Waals surface area contributed by atoms with E-state index in [-0.39, 0.29) is 11.1 Å². The van der Waals surface area contributed by atoms with Crippen LogP contribution in [-0.2, 0) is 9.63 Å². The van der Waals surface area contributed by atoms with E-state index < -0.39 is 0 Å². The van der Waals surface area contributed by atoms with Crippen LogP contribution >= 0.6 is 0 Å². The maximum absolute atomic E-state index is 11.6. The second-order valence-corrected chi connectivity index (χ2v) is 5.23. The molecule has 0 atom stereocenters. The zero-order valence-electron chi connectivity index (χ0n) is 9.89. The van der Waals surface area contributed by atoms with Gasteiger partial charge in [0.15, 0.2) is 0 Å². The topological polar surface area (TPSA) is 29.5 Å². The summed E-state index contributed by atoms with van der Waals surface area (Å²) < 4.78 is 0. The molecule has 1 rings (SSSR count). The molecule has 0 spiro atoms. The lowest BCUT2D eigenvalue weighted by atomic mass is 9.81. The van der Waals surface area contributed by atoms with Crippen LogP contribution in [0.4, 0.5) is 0 Å². The molecular weight excluding hydrogens is 178 g/mol. The summed E-state index contributed by atoms with van der Waals surface area (Å²) in [5.41, 5.74) is -0.371. The summed E-state index contributed by atoms with van der Waals surface area (Å²) in [5.74, 6) is 0.330. The van der Waals surface area contributed by atoms with Crippen molar-refractivity contribution in [1.82, 2.24) is 5.06 Å². The first-order valence-electron chi connectivity index (χ1n) is 5.24. The van der Waals surface area contributed by atoms with Gasteiger partial charge in [0, 0.05) is 23.9 Å². The van der Waals surface area contributed by atoms with E-state index in [9.17, 15) is 4.79 Å². The molecule has 0 radical (unpaired) electrons. The molecule has 3 nitrogen and oxygen atoms in total. The highest BCUT2D eigenvalue weighted by Crippen LogP contribution is 2.36. The van der Waals surface area contributed by atoms with Gasteiger partial charge in [-0.25, -0.2) is 0 Å². The number of hydroxylamine groups is 2. The highest BCUT2D eigenvalue weighted by Gasteiger charge is 2.45. The minimum atomic E-state index is -0.186. The van der Waals surface area contributed by atoms with Crippen molar-refractivity contribution in [3.63, 3.8) is 0 Å². The normalized spacial score (nSPS) is 26.5. The quantitative estimate of drug-likeness (QED) is 0.682. The van der Waals surface area contributed by atoms with E-state index in [1.54, 1.807) is 0 Å². The number of hydrogen-bond acceptors (Lipinski definition) is 3. The fourth-order valence-corrected chi connectivity index (χ4v) is 2.47. The third-order valence-corrected chi connectivity index (χ3v) is 2.62.